The summed E-state index contributed by atoms with van der Waals surface area (Å²) in [5, 5.41) is -0.0524. The Morgan fingerprint density at radius 1 is 0.923 bits per heavy atom. The summed E-state index contributed by atoms with van der Waals surface area (Å²) in [6.45, 7) is 7.21. The minimum absolute atomic E-state index is 0.0262. The van der Waals surface area contributed by atoms with Gasteiger partial charge in [0.2, 0.25) is 0 Å². The second-order valence-electron chi connectivity index (χ2n) is 2.97. The van der Waals surface area contributed by atoms with Crippen LogP contribution in [0.4, 0.5) is 0 Å². The van der Waals surface area contributed by atoms with E-state index in [0.29, 0.717) is 0 Å². The Labute approximate surface area is 92.5 Å². The summed E-state index contributed by atoms with van der Waals surface area (Å²) < 4.78 is 32.0. The van der Waals surface area contributed by atoms with Crippen molar-refractivity contribution in [2.24, 2.45) is 0 Å². The van der Waals surface area contributed by atoms with Gasteiger partial charge >= 0.3 is 92.6 Å². The molecular weight excluding hydrogens is 266 g/mol. The summed E-state index contributed by atoms with van der Waals surface area (Å²) in [6.07, 6.45) is 0. The van der Waals surface area contributed by atoms with Crippen LogP contribution in [-0.4, -0.2) is 18.9 Å². The standard InChI is InChI=1S/2C3H8O2S.Zn/c2*1-3(2)6(4)5;/h2*3H,1-2H3,(H,4,5);/q;;+2/p-2. The van der Waals surface area contributed by atoms with Gasteiger partial charge < -0.3 is 0 Å². The molecule has 0 aliphatic carbocycles. The average Bonchev–Trinajstić information content (AvgIpc) is 2.03. The van der Waals surface area contributed by atoms with E-state index in [1.54, 1.807) is 27.7 Å². The maximum atomic E-state index is 11.1. The van der Waals surface area contributed by atoms with Crippen LogP contribution >= 0.6 is 0 Å². The third kappa shape index (κ3) is 6.85. The van der Waals surface area contributed by atoms with E-state index in [1.165, 1.54) is 0 Å². The van der Waals surface area contributed by atoms with Crippen LogP contribution in [0.3, 0.4) is 0 Å². The van der Waals surface area contributed by atoms with Crippen molar-refractivity contribution in [3.63, 3.8) is 0 Å². The molecule has 0 heterocycles. The molecule has 0 aromatic heterocycles. The van der Waals surface area contributed by atoms with Crippen molar-refractivity contribution >= 4 is 22.2 Å². The predicted octanol–water partition coefficient (Wildman–Crippen LogP) is 1.08. The normalized spacial score (nSPS) is 15.8. The molecule has 76 valence electrons. The number of hydrogen-bond acceptors (Lipinski definition) is 4. The van der Waals surface area contributed by atoms with Crippen molar-refractivity contribution in [1.29, 1.82) is 0 Å². The zero-order chi connectivity index (χ0) is 10.4. The summed E-state index contributed by atoms with van der Waals surface area (Å²) in [5.41, 5.74) is 0. The van der Waals surface area contributed by atoms with Gasteiger partial charge in [0.15, 0.2) is 0 Å². The van der Waals surface area contributed by atoms with Crippen LogP contribution in [0.15, 0.2) is 0 Å². The van der Waals surface area contributed by atoms with Crippen LogP contribution in [0.5, 0.6) is 0 Å². The maximum absolute atomic E-state index is 11.1. The molecule has 0 saturated heterocycles. The average molecular weight is 280 g/mol. The first-order chi connectivity index (χ1) is 5.95. The van der Waals surface area contributed by atoms with Gasteiger partial charge in [0.05, 0.1) is 0 Å². The van der Waals surface area contributed by atoms with Gasteiger partial charge in [-0.1, -0.05) is 0 Å². The van der Waals surface area contributed by atoms with Crippen molar-refractivity contribution in [1.82, 2.24) is 0 Å². The van der Waals surface area contributed by atoms with Gasteiger partial charge in [0.1, 0.15) is 0 Å². The Kier molecular flexibility index (Phi) is 7.64. The molecule has 0 aliphatic heterocycles. The molecule has 0 N–H and O–H groups in total. The molecule has 4 nitrogen and oxygen atoms in total. The van der Waals surface area contributed by atoms with Gasteiger partial charge in [-0.15, -0.1) is 0 Å². The van der Waals surface area contributed by atoms with Gasteiger partial charge in [-0.25, -0.2) is 0 Å². The molecule has 7 heteroatoms. The van der Waals surface area contributed by atoms with Crippen molar-refractivity contribution in [3.8, 4) is 0 Å². The van der Waals surface area contributed by atoms with Crippen molar-refractivity contribution < 1.29 is 32.3 Å². The van der Waals surface area contributed by atoms with E-state index in [4.69, 9.17) is 6.02 Å². The number of rotatable bonds is 6. The third-order valence-corrected chi connectivity index (χ3v) is 7.43. The molecule has 0 aliphatic rings. The molecule has 2 atom stereocenters. The molecule has 0 aromatic carbocycles. The van der Waals surface area contributed by atoms with Gasteiger partial charge in [-0.2, -0.15) is 0 Å². The molecule has 0 bridgehead atoms. The molecule has 0 fully saturated rings. The van der Waals surface area contributed by atoms with Gasteiger partial charge in [-0.05, 0) is 0 Å². The van der Waals surface area contributed by atoms with Gasteiger partial charge in [0.25, 0.3) is 0 Å². The monoisotopic (exact) mass is 278 g/mol. The predicted molar refractivity (Wildman–Crippen MR) is 48.7 cm³/mol. The van der Waals surface area contributed by atoms with Crippen molar-refractivity contribution in [2.75, 3.05) is 0 Å². The van der Waals surface area contributed by atoms with Crippen LogP contribution in [0, 0.1) is 0 Å². The van der Waals surface area contributed by atoms with E-state index in [-0.39, 0.29) is 10.5 Å². The Balaban J connectivity index is 3.57. The summed E-state index contributed by atoms with van der Waals surface area (Å²) in [5.74, 6) is 0. The van der Waals surface area contributed by atoms with Crippen LogP contribution in [0.1, 0.15) is 27.7 Å². The summed E-state index contributed by atoms with van der Waals surface area (Å²) in [4.78, 5) is 0. The fourth-order valence-electron chi connectivity index (χ4n) is 0.387. The third-order valence-electron chi connectivity index (χ3n) is 1.10. The Hall–Kier alpha value is 0.843. The van der Waals surface area contributed by atoms with Crippen LogP contribution in [0.25, 0.3) is 0 Å². The van der Waals surface area contributed by atoms with E-state index in [9.17, 15) is 8.42 Å². The summed E-state index contributed by atoms with van der Waals surface area (Å²) in [7, 11) is 0. The molecule has 0 aromatic rings. The van der Waals surface area contributed by atoms with E-state index in [0.717, 1.165) is 0 Å². The quantitative estimate of drug-likeness (QED) is 0.683. The van der Waals surface area contributed by atoms with Crippen LogP contribution in [0.2, 0.25) is 0 Å². The molecule has 0 saturated carbocycles. The van der Waals surface area contributed by atoms with Crippen molar-refractivity contribution in [3.05, 3.63) is 0 Å². The van der Waals surface area contributed by atoms with Gasteiger partial charge in [-0.3, -0.25) is 0 Å². The molecular formula is C6H14O4S2Zn. The zero-order valence-electron chi connectivity index (χ0n) is 8.31. The van der Waals surface area contributed by atoms with Gasteiger partial charge in [0, 0.05) is 0 Å². The first kappa shape index (κ1) is 13.8. The Bertz CT molecular complexity index is 175. The van der Waals surface area contributed by atoms with E-state index >= 15 is 0 Å². The fraction of sp³-hybridized carbons (Fsp3) is 1.00. The van der Waals surface area contributed by atoms with E-state index in [2.05, 4.69) is 0 Å². The fourth-order valence-corrected chi connectivity index (χ4v) is 6.64. The van der Waals surface area contributed by atoms with Crippen LogP contribution in [-0.2, 0) is 46.0 Å². The zero-order valence-corrected chi connectivity index (χ0v) is 12.9. The summed E-state index contributed by atoms with van der Waals surface area (Å²) >= 11 is -4.34. The molecule has 13 heavy (non-hydrogen) atoms. The topological polar surface area (TPSA) is 52.6 Å². The molecule has 0 rings (SSSR count). The second kappa shape index (κ2) is 7.18. The first-order valence-corrected chi connectivity index (χ1v) is 8.72. The molecule has 0 spiro atoms. The molecule has 0 radical (unpaired) electrons. The number of hydrogen-bond donors (Lipinski definition) is 0. The minimum atomic E-state index is -1.78. The van der Waals surface area contributed by atoms with E-state index in [1.807, 2.05) is 0 Å². The Morgan fingerprint density at radius 3 is 1.46 bits per heavy atom. The first-order valence-electron chi connectivity index (χ1n) is 4.02. The summed E-state index contributed by atoms with van der Waals surface area (Å²) in [6, 6.07) is 0. The molecule has 2 unspecified atom stereocenters. The van der Waals surface area contributed by atoms with Crippen LogP contribution < -0.4 is 0 Å². The van der Waals surface area contributed by atoms with Crippen molar-refractivity contribution in [2.45, 2.75) is 38.2 Å². The second-order valence-corrected chi connectivity index (χ2v) is 9.83. The Morgan fingerprint density at radius 2 is 1.23 bits per heavy atom. The molecule has 0 amide bonds. The van der Waals surface area contributed by atoms with E-state index < -0.39 is 40.0 Å². The SMILES string of the molecule is CC(C)S(=O)[O][Zn][O]S(=O)C(C)C.